The molecule has 15 heavy (non-hydrogen) atoms. The summed E-state index contributed by atoms with van der Waals surface area (Å²) in [4.78, 5) is 11.5. The van der Waals surface area contributed by atoms with Gasteiger partial charge in [0.1, 0.15) is 5.78 Å². The molecule has 1 aromatic rings. The average Bonchev–Trinajstić information content (AvgIpc) is 2.11. The van der Waals surface area contributed by atoms with E-state index in [1.165, 1.54) is 0 Å². The first-order valence-electron chi connectivity index (χ1n) is 4.99. The van der Waals surface area contributed by atoms with Crippen LogP contribution in [-0.2, 0) is 11.2 Å². The molecule has 0 amide bonds. The van der Waals surface area contributed by atoms with Gasteiger partial charge in [-0.05, 0) is 18.6 Å². The number of hydrogen-bond donors (Lipinski definition) is 3. The van der Waals surface area contributed by atoms with Crippen molar-refractivity contribution >= 4 is 22.8 Å². The molecule has 0 fully saturated rings. The van der Waals surface area contributed by atoms with Crippen molar-refractivity contribution in [2.24, 2.45) is 0 Å². The Morgan fingerprint density at radius 1 is 1.20 bits per heavy atom. The number of nitrogen functional groups attached to an aromatic ring is 3. The van der Waals surface area contributed by atoms with E-state index in [-0.39, 0.29) is 5.78 Å². The number of carbonyl (C=O) groups excluding carboxylic acids is 1. The van der Waals surface area contributed by atoms with Gasteiger partial charge in [0.2, 0.25) is 0 Å². The molecule has 0 aliphatic rings. The minimum absolute atomic E-state index is 0.153. The van der Waals surface area contributed by atoms with Crippen LogP contribution in [0.2, 0.25) is 0 Å². The molecular formula is C11H17N3O. The Morgan fingerprint density at radius 3 is 2.20 bits per heavy atom. The van der Waals surface area contributed by atoms with Crippen molar-refractivity contribution in [1.82, 2.24) is 0 Å². The lowest BCUT2D eigenvalue weighted by atomic mass is 10.0. The number of nitrogens with two attached hydrogens (primary N) is 3. The summed E-state index contributed by atoms with van der Waals surface area (Å²) in [6, 6.07) is 3.26. The van der Waals surface area contributed by atoms with Crippen LogP contribution in [0.1, 0.15) is 25.3 Å². The molecule has 0 spiro atoms. The SMILES string of the molecule is CCCC(=O)Cc1c(N)cc(N)cc1N. The molecule has 0 radical (unpaired) electrons. The third-order valence-electron chi connectivity index (χ3n) is 2.24. The summed E-state index contributed by atoms with van der Waals surface area (Å²) >= 11 is 0. The third kappa shape index (κ3) is 2.87. The molecule has 0 aromatic heterocycles. The number of hydrogen-bond acceptors (Lipinski definition) is 4. The molecule has 0 aliphatic carbocycles. The number of ketones is 1. The van der Waals surface area contributed by atoms with Gasteiger partial charge in [0.15, 0.2) is 0 Å². The van der Waals surface area contributed by atoms with Gasteiger partial charge in [-0.15, -0.1) is 0 Å². The summed E-state index contributed by atoms with van der Waals surface area (Å²) in [7, 11) is 0. The van der Waals surface area contributed by atoms with Crippen molar-refractivity contribution in [1.29, 1.82) is 0 Å². The van der Waals surface area contributed by atoms with E-state index in [9.17, 15) is 4.79 Å². The van der Waals surface area contributed by atoms with E-state index in [0.717, 1.165) is 6.42 Å². The second-order valence-corrected chi connectivity index (χ2v) is 3.64. The number of rotatable bonds is 4. The van der Waals surface area contributed by atoms with Crippen LogP contribution in [0, 0.1) is 0 Å². The Bertz CT molecular complexity index is 351. The lowest BCUT2D eigenvalue weighted by molar-refractivity contribution is -0.118. The molecule has 0 unspecified atom stereocenters. The molecule has 6 N–H and O–H groups in total. The van der Waals surface area contributed by atoms with Gasteiger partial charge in [0.05, 0.1) is 0 Å². The van der Waals surface area contributed by atoms with Crippen LogP contribution in [0.4, 0.5) is 17.1 Å². The standard InChI is InChI=1S/C11H17N3O/c1-2-3-8(15)6-9-10(13)4-7(12)5-11(9)14/h4-5H,2-3,6,12-14H2,1H3. The van der Waals surface area contributed by atoms with E-state index in [2.05, 4.69) is 0 Å². The zero-order chi connectivity index (χ0) is 11.4. The second-order valence-electron chi connectivity index (χ2n) is 3.64. The Balaban J connectivity index is 2.90. The fourth-order valence-corrected chi connectivity index (χ4v) is 1.51. The fraction of sp³-hybridized carbons (Fsp3) is 0.364. The quantitative estimate of drug-likeness (QED) is 0.649. The Morgan fingerprint density at radius 2 is 1.73 bits per heavy atom. The largest absolute Gasteiger partial charge is 0.399 e. The molecule has 0 saturated carbocycles. The lowest BCUT2D eigenvalue weighted by Crippen LogP contribution is -2.08. The normalized spacial score (nSPS) is 10.2. The number of carbonyl (C=O) groups is 1. The highest BCUT2D eigenvalue weighted by atomic mass is 16.1. The maximum absolute atomic E-state index is 11.5. The summed E-state index contributed by atoms with van der Waals surface area (Å²) in [6.45, 7) is 1.97. The molecule has 0 aliphatic heterocycles. The summed E-state index contributed by atoms with van der Waals surface area (Å²) in [5.41, 5.74) is 19.3. The van der Waals surface area contributed by atoms with E-state index in [1.54, 1.807) is 12.1 Å². The van der Waals surface area contributed by atoms with Crippen LogP contribution in [0.5, 0.6) is 0 Å². The third-order valence-corrected chi connectivity index (χ3v) is 2.24. The van der Waals surface area contributed by atoms with Crippen molar-refractivity contribution in [3.8, 4) is 0 Å². The fourth-order valence-electron chi connectivity index (χ4n) is 1.51. The van der Waals surface area contributed by atoms with Crippen LogP contribution in [0.15, 0.2) is 12.1 Å². The van der Waals surface area contributed by atoms with Crippen molar-refractivity contribution in [2.45, 2.75) is 26.2 Å². The van der Waals surface area contributed by atoms with Crippen molar-refractivity contribution in [3.63, 3.8) is 0 Å². The smallest absolute Gasteiger partial charge is 0.137 e. The van der Waals surface area contributed by atoms with Gasteiger partial charge in [0, 0.05) is 35.5 Å². The van der Waals surface area contributed by atoms with Gasteiger partial charge in [-0.3, -0.25) is 4.79 Å². The zero-order valence-corrected chi connectivity index (χ0v) is 8.92. The highest BCUT2D eigenvalue weighted by molar-refractivity contribution is 5.85. The van der Waals surface area contributed by atoms with Crippen LogP contribution in [-0.4, -0.2) is 5.78 Å². The maximum Gasteiger partial charge on any atom is 0.137 e. The van der Waals surface area contributed by atoms with Crippen LogP contribution in [0.25, 0.3) is 0 Å². The lowest BCUT2D eigenvalue weighted by Gasteiger charge is -2.09. The van der Waals surface area contributed by atoms with Crippen molar-refractivity contribution in [2.75, 3.05) is 17.2 Å². The maximum atomic E-state index is 11.5. The Hall–Kier alpha value is -1.71. The van der Waals surface area contributed by atoms with E-state index >= 15 is 0 Å². The summed E-state index contributed by atoms with van der Waals surface area (Å²) in [5, 5.41) is 0. The van der Waals surface area contributed by atoms with E-state index in [4.69, 9.17) is 17.2 Å². The first-order valence-corrected chi connectivity index (χ1v) is 4.99. The van der Waals surface area contributed by atoms with Gasteiger partial charge < -0.3 is 17.2 Å². The molecule has 4 nitrogen and oxygen atoms in total. The second kappa shape index (κ2) is 4.68. The van der Waals surface area contributed by atoms with E-state index in [0.29, 0.717) is 35.5 Å². The predicted octanol–water partition coefficient (Wildman–Crippen LogP) is 1.34. The molecule has 1 rings (SSSR count). The van der Waals surface area contributed by atoms with E-state index in [1.807, 2.05) is 6.92 Å². The van der Waals surface area contributed by atoms with Crippen LogP contribution < -0.4 is 17.2 Å². The first-order chi connectivity index (χ1) is 7.04. The van der Waals surface area contributed by atoms with Crippen LogP contribution >= 0.6 is 0 Å². The monoisotopic (exact) mass is 207 g/mol. The molecule has 1 aromatic carbocycles. The summed E-state index contributed by atoms with van der Waals surface area (Å²) in [5.74, 6) is 0.153. The number of anilines is 3. The molecule has 4 heteroatoms. The van der Waals surface area contributed by atoms with E-state index < -0.39 is 0 Å². The molecule has 0 bridgehead atoms. The number of benzene rings is 1. The summed E-state index contributed by atoms with van der Waals surface area (Å²) in [6.07, 6.45) is 1.70. The zero-order valence-electron chi connectivity index (χ0n) is 8.92. The van der Waals surface area contributed by atoms with Crippen molar-refractivity contribution in [3.05, 3.63) is 17.7 Å². The van der Waals surface area contributed by atoms with Gasteiger partial charge in [-0.2, -0.15) is 0 Å². The minimum Gasteiger partial charge on any atom is -0.399 e. The first kappa shape index (κ1) is 11.4. The molecular weight excluding hydrogens is 190 g/mol. The molecule has 0 heterocycles. The molecule has 0 atom stereocenters. The summed E-state index contributed by atoms with van der Waals surface area (Å²) < 4.78 is 0. The highest BCUT2D eigenvalue weighted by Crippen LogP contribution is 2.24. The van der Waals surface area contributed by atoms with Gasteiger partial charge in [-0.1, -0.05) is 6.92 Å². The molecule has 82 valence electrons. The minimum atomic E-state index is 0.153. The topological polar surface area (TPSA) is 95.1 Å². The predicted molar refractivity (Wildman–Crippen MR) is 63.3 cm³/mol. The Kier molecular flexibility index (Phi) is 3.55. The average molecular weight is 207 g/mol. The Labute approximate surface area is 89.4 Å². The van der Waals surface area contributed by atoms with Gasteiger partial charge in [-0.25, -0.2) is 0 Å². The molecule has 0 saturated heterocycles. The highest BCUT2D eigenvalue weighted by Gasteiger charge is 2.09. The van der Waals surface area contributed by atoms with Gasteiger partial charge >= 0.3 is 0 Å². The van der Waals surface area contributed by atoms with Gasteiger partial charge in [0.25, 0.3) is 0 Å². The number of Topliss-reactive ketones (excluding diaryl/α,β-unsaturated/α-hetero) is 1. The van der Waals surface area contributed by atoms with Crippen LogP contribution in [0.3, 0.4) is 0 Å². The van der Waals surface area contributed by atoms with Crippen molar-refractivity contribution < 1.29 is 4.79 Å².